The first-order chi connectivity index (χ1) is 12.3. The Morgan fingerprint density at radius 3 is 2.48 bits per heavy atom. The summed E-state index contributed by atoms with van der Waals surface area (Å²) in [5.74, 6) is 1.21. The quantitative estimate of drug-likeness (QED) is 0.699. The number of aryl methyl sites for hydroxylation is 1. The molecule has 0 bridgehead atoms. The first-order valence-corrected chi connectivity index (χ1v) is 8.59. The normalized spacial score (nSPS) is 13.0. The summed E-state index contributed by atoms with van der Waals surface area (Å²) in [4.78, 5) is 0. The van der Waals surface area contributed by atoms with Crippen LogP contribution in [-0.2, 0) is 13.0 Å². The molecule has 0 aliphatic heterocycles. The number of fused-ring (bicyclic) bond motifs is 1. The number of hydrogen-bond acceptors (Lipinski definition) is 2. The Balaban J connectivity index is 1.56. The van der Waals surface area contributed by atoms with E-state index in [1.807, 2.05) is 36.4 Å². The van der Waals surface area contributed by atoms with Gasteiger partial charge >= 0.3 is 0 Å². The molecule has 0 unspecified atom stereocenters. The summed E-state index contributed by atoms with van der Waals surface area (Å²) in [6, 6.07) is 24.0. The van der Waals surface area contributed by atoms with Crippen LogP contribution in [0.5, 0.6) is 11.5 Å². The van der Waals surface area contributed by atoms with E-state index in [1.165, 1.54) is 22.3 Å². The van der Waals surface area contributed by atoms with Crippen molar-refractivity contribution in [3.8, 4) is 11.5 Å². The smallest absolute Gasteiger partial charge is 0.120 e. The number of phenols is 1. The number of aromatic hydroxyl groups is 1. The largest absolute Gasteiger partial charge is 0.508 e. The van der Waals surface area contributed by atoms with E-state index >= 15 is 0 Å². The second kappa shape index (κ2) is 6.86. The molecular formula is C23H20O2. The Bertz CT molecular complexity index is 893. The van der Waals surface area contributed by atoms with Crippen LogP contribution in [0.3, 0.4) is 0 Å². The van der Waals surface area contributed by atoms with Crippen LogP contribution in [0.4, 0.5) is 0 Å². The lowest BCUT2D eigenvalue weighted by molar-refractivity contribution is 0.306. The molecule has 0 radical (unpaired) electrons. The van der Waals surface area contributed by atoms with E-state index < -0.39 is 0 Å². The second-order valence-electron chi connectivity index (χ2n) is 6.30. The minimum absolute atomic E-state index is 0.296. The Morgan fingerprint density at radius 2 is 1.68 bits per heavy atom. The molecule has 124 valence electrons. The molecule has 0 aromatic heterocycles. The predicted molar refractivity (Wildman–Crippen MR) is 101 cm³/mol. The molecule has 1 aliphatic carbocycles. The van der Waals surface area contributed by atoms with Crippen LogP contribution in [0, 0.1) is 0 Å². The van der Waals surface area contributed by atoms with Crippen LogP contribution in [0.25, 0.3) is 5.57 Å². The number of phenolic OH excluding ortho intramolecular Hbond substituents is 1. The minimum Gasteiger partial charge on any atom is -0.508 e. The van der Waals surface area contributed by atoms with Gasteiger partial charge in [-0.2, -0.15) is 0 Å². The predicted octanol–water partition coefficient (Wildman–Crippen LogP) is 5.35. The van der Waals surface area contributed by atoms with Crippen LogP contribution in [0.1, 0.15) is 28.7 Å². The lowest BCUT2D eigenvalue weighted by Gasteiger charge is -2.19. The number of ether oxygens (including phenoxy) is 1. The molecule has 2 nitrogen and oxygen atoms in total. The fourth-order valence-corrected chi connectivity index (χ4v) is 3.27. The molecule has 0 spiro atoms. The molecule has 0 saturated heterocycles. The highest BCUT2D eigenvalue weighted by atomic mass is 16.5. The molecule has 3 aromatic carbocycles. The Labute approximate surface area is 148 Å². The number of benzene rings is 3. The van der Waals surface area contributed by atoms with Crippen LogP contribution in [0.15, 0.2) is 78.9 Å². The van der Waals surface area contributed by atoms with Gasteiger partial charge in [0, 0.05) is 0 Å². The fourth-order valence-electron chi connectivity index (χ4n) is 3.27. The summed E-state index contributed by atoms with van der Waals surface area (Å²) < 4.78 is 5.96. The van der Waals surface area contributed by atoms with Crippen molar-refractivity contribution in [3.05, 3.63) is 101 Å². The van der Waals surface area contributed by atoms with Gasteiger partial charge in [0.15, 0.2) is 0 Å². The van der Waals surface area contributed by atoms with Gasteiger partial charge < -0.3 is 9.84 Å². The van der Waals surface area contributed by atoms with Gasteiger partial charge in [0.2, 0.25) is 0 Å². The van der Waals surface area contributed by atoms with Crippen molar-refractivity contribution in [1.82, 2.24) is 0 Å². The van der Waals surface area contributed by atoms with E-state index in [1.54, 1.807) is 12.1 Å². The summed E-state index contributed by atoms with van der Waals surface area (Å²) in [5, 5.41) is 9.50. The molecule has 25 heavy (non-hydrogen) atoms. The van der Waals surface area contributed by atoms with Gasteiger partial charge in [-0.3, -0.25) is 0 Å². The Morgan fingerprint density at radius 1 is 0.880 bits per heavy atom. The SMILES string of the molecule is Oc1ccc(C2=CCCc3cc(OCc4ccccc4)ccc32)cc1. The van der Waals surface area contributed by atoms with Crippen molar-refractivity contribution in [2.45, 2.75) is 19.4 Å². The first-order valence-electron chi connectivity index (χ1n) is 8.59. The lowest BCUT2D eigenvalue weighted by atomic mass is 9.87. The highest BCUT2D eigenvalue weighted by molar-refractivity contribution is 5.83. The van der Waals surface area contributed by atoms with Gasteiger partial charge in [0.05, 0.1) is 0 Å². The molecule has 0 atom stereocenters. The van der Waals surface area contributed by atoms with E-state index in [2.05, 4.69) is 30.3 Å². The van der Waals surface area contributed by atoms with Crippen molar-refractivity contribution in [2.75, 3.05) is 0 Å². The molecule has 0 amide bonds. The molecule has 3 aromatic rings. The summed E-state index contributed by atoms with van der Waals surface area (Å²) >= 11 is 0. The molecule has 2 heteroatoms. The van der Waals surface area contributed by atoms with E-state index in [9.17, 15) is 5.11 Å². The molecule has 0 saturated carbocycles. The molecule has 0 fully saturated rings. The zero-order valence-electron chi connectivity index (χ0n) is 14.0. The summed E-state index contributed by atoms with van der Waals surface area (Å²) in [6.07, 6.45) is 4.32. The third-order valence-corrected chi connectivity index (χ3v) is 4.56. The van der Waals surface area contributed by atoms with Crippen molar-refractivity contribution < 1.29 is 9.84 Å². The monoisotopic (exact) mass is 328 g/mol. The average Bonchev–Trinajstić information content (AvgIpc) is 2.67. The maximum Gasteiger partial charge on any atom is 0.120 e. The van der Waals surface area contributed by atoms with E-state index in [4.69, 9.17) is 4.74 Å². The second-order valence-corrected chi connectivity index (χ2v) is 6.30. The molecule has 1 N–H and O–H groups in total. The topological polar surface area (TPSA) is 29.5 Å². The lowest BCUT2D eigenvalue weighted by Crippen LogP contribution is -2.02. The Kier molecular flexibility index (Phi) is 4.26. The maximum absolute atomic E-state index is 9.50. The van der Waals surface area contributed by atoms with Crippen molar-refractivity contribution >= 4 is 5.57 Å². The van der Waals surface area contributed by atoms with Gasteiger partial charge in [-0.15, -0.1) is 0 Å². The minimum atomic E-state index is 0.296. The van der Waals surface area contributed by atoms with E-state index in [0.29, 0.717) is 12.4 Å². The summed E-state index contributed by atoms with van der Waals surface area (Å²) in [6.45, 7) is 0.584. The maximum atomic E-state index is 9.50. The highest BCUT2D eigenvalue weighted by Crippen LogP contribution is 2.34. The van der Waals surface area contributed by atoms with Gasteiger partial charge in [0.1, 0.15) is 18.1 Å². The average molecular weight is 328 g/mol. The molecular weight excluding hydrogens is 308 g/mol. The van der Waals surface area contributed by atoms with Gasteiger partial charge in [0.25, 0.3) is 0 Å². The van der Waals surface area contributed by atoms with Gasteiger partial charge in [-0.05, 0) is 64.9 Å². The summed E-state index contributed by atoms with van der Waals surface area (Å²) in [5.41, 5.74) is 6.11. The van der Waals surface area contributed by atoms with Crippen LogP contribution in [0.2, 0.25) is 0 Å². The third kappa shape index (κ3) is 3.43. The molecule has 4 rings (SSSR count). The van der Waals surface area contributed by atoms with Crippen molar-refractivity contribution in [3.63, 3.8) is 0 Å². The van der Waals surface area contributed by atoms with Gasteiger partial charge in [-0.1, -0.05) is 54.6 Å². The third-order valence-electron chi connectivity index (χ3n) is 4.56. The highest BCUT2D eigenvalue weighted by Gasteiger charge is 2.15. The zero-order valence-corrected chi connectivity index (χ0v) is 14.0. The van der Waals surface area contributed by atoms with Crippen LogP contribution in [-0.4, -0.2) is 5.11 Å². The van der Waals surface area contributed by atoms with Crippen LogP contribution >= 0.6 is 0 Å². The van der Waals surface area contributed by atoms with Gasteiger partial charge in [-0.25, -0.2) is 0 Å². The summed E-state index contributed by atoms with van der Waals surface area (Å²) in [7, 11) is 0. The van der Waals surface area contributed by atoms with Crippen LogP contribution < -0.4 is 4.74 Å². The van der Waals surface area contributed by atoms with Crippen molar-refractivity contribution in [1.29, 1.82) is 0 Å². The first kappa shape index (κ1) is 15.5. The number of hydrogen-bond donors (Lipinski definition) is 1. The molecule has 1 aliphatic rings. The fraction of sp³-hybridized carbons (Fsp3) is 0.130. The Hall–Kier alpha value is -3.00. The zero-order chi connectivity index (χ0) is 17.1. The standard InChI is InChI=1S/C23H20O2/c24-20-11-9-18(10-12-20)22-8-4-7-19-15-21(13-14-23(19)22)25-16-17-5-2-1-3-6-17/h1-3,5-6,8-15,24H,4,7,16H2. The van der Waals surface area contributed by atoms with E-state index in [0.717, 1.165) is 24.2 Å². The van der Waals surface area contributed by atoms with Crippen molar-refractivity contribution in [2.24, 2.45) is 0 Å². The molecule has 0 heterocycles. The van der Waals surface area contributed by atoms with E-state index in [-0.39, 0.29) is 0 Å². The number of allylic oxidation sites excluding steroid dienone is 1. The number of rotatable bonds is 4.